The average Bonchev–Trinajstić information content (AvgIpc) is 2.83. The van der Waals surface area contributed by atoms with Crippen molar-refractivity contribution in [3.8, 4) is 0 Å². The van der Waals surface area contributed by atoms with Crippen LogP contribution >= 0.6 is 0 Å². The Balaban J connectivity index is 1.41. The molecule has 2 heterocycles. The second-order valence-electron chi connectivity index (χ2n) is 10.5. The van der Waals surface area contributed by atoms with Gasteiger partial charge >= 0.3 is 6.09 Å². The van der Waals surface area contributed by atoms with Gasteiger partial charge in [-0.25, -0.2) is 4.79 Å². The zero-order valence-electron chi connectivity index (χ0n) is 21.7. The molecule has 0 atom stereocenters. The van der Waals surface area contributed by atoms with Gasteiger partial charge in [0.25, 0.3) is 0 Å². The Morgan fingerprint density at radius 1 is 0.735 bits per heavy atom. The van der Waals surface area contributed by atoms with Crippen LogP contribution in [-0.2, 0) is 9.53 Å². The highest BCUT2D eigenvalue weighted by Crippen LogP contribution is 2.24. The molecule has 2 aliphatic heterocycles. The zero-order valence-corrected chi connectivity index (χ0v) is 21.7. The van der Waals surface area contributed by atoms with Gasteiger partial charge in [-0.05, 0) is 51.5 Å². The predicted molar refractivity (Wildman–Crippen MR) is 139 cm³/mol. The number of nitrogens with zero attached hydrogens (tertiary/aromatic N) is 4. The maximum absolute atomic E-state index is 12.5. The fraction of sp³-hybridized carbons (Fsp3) is 0.704. The van der Waals surface area contributed by atoms with Crippen LogP contribution < -0.4 is 9.80 Å². The SMILES string of the molecule is CCCCCCCC(=O)N1CCN(c2ccc(N3CCN(C(=O)OC(C)(C)C)CC3)cc2)CC1. The van der Waals surface area contributed by atoms with E-state index in [9.17, 15) is 9.59 Å². The van der Waals surface area contributed by atoms with Crippen LogP contribution in [0.1, 0.15) is 66.2 Å². The quantitative estimate of drug-likeness (QED) is 0.511. The van der Waals surface area contributed by atoms with Gasteiger partial charge in [-0.15, -0.1) is 0 Å². The summed E-state index contributed by atoms with van der Waals surface area (Å²) < 4.78 is 5.49. The van der Waals surface area contributed by atoms with Crippen LogP contribution in [0.5, 0.6) is 0 Å². The van der Waals surface area contributed by atoms with E-state index in [1.807, 2.05) is 25.7 Å². The lowest BCUT2D eigenvalue weighted by Gasteiger charge is -2.38. The summed E-state index contributed by atoms with van der Waals surface area (Å²) in [6, 6.07) is 8.71. The summed E-state index contributed by atoms with van der Waals surface area (Å²) in [5.41, 5.74) is 1.93. The van der Waals surface area contributed by atoms with Gasteiger partial charge in [0.2, 0.25) is 5.91 Å². The van der Waals surface area contributed by atoms with Gasteiger partial charge in [0.05, 0.1) is 0 Å². The van der Waals surface area contributed by atoms with Crippen LogP contribution in [0.25, 0.3) is 0 Å². The minimum absolute atomic E-state index is 0.225. The van der Waals surface area contributed by atoms with Gasteiger partial charge in [-0.3, -0.25) is 4.79 Å². The topological polar surface area (TPSA) is 56.3 Å². The molecular formula is C27H44N4O3. The first-order valence-electron chi connectivity index (χ1n) is 13.1. The fourth-order valence-corrected chi connectivity index (χ4v) is 4.60. The molecule has 1 aromatic rings. The van der Waals surface area contributed by atoms with Gasteiger partial charge in [0.15, 0.2) is 0 Å². The Morgan fingerprint density at radius 3 is 1.68 bits per heavy atom. The Kier molecular flexibility index (Phi) is 9.48. The number of ether oxygens (including phenoxy) is 1. The normalized spacial score (nSPS) is 17.2. The second-order valence-corrected chi connectivity index (χ2v) is 10.5. The number of rotatable bonds is 8. The van der Waals surface area contributed by atoms with Gasteiger partial charge in [0.1, 0.15) is 5.60 Å². The van der Waals surface area contributed by atoms with Crippen molar-refractivity contribution in [3.05, 3.63) is 24.3 Å². The van der Waals surface area contributed by atoms with E-state index in [2.05, 4.69) is 41.0 Å². The molecule has 0 spiro atoms. The number of carbonyl (C=O) groups is 2. The lowest BCUT2D eigenvalue weighted by molar-refractivity contribution is -0.131. The second kappa shape index (κ2) is 12.3. The highest BCUT2D eigenvalue weighted by Gasteiger charge is 2.26. The van der Waals surface area contributed by atoms with E-state index in [0.717, 1.165) is 45.7 Å². The summed E-state index contributed by atoms with van der Waals surface area (Å²) in [5.74, 6) is 0.317. The van der Waals surface area contributed by atoms with E-state index in [0.29, 0.717) is 25.4 Å². The largest absolute Gasteiger partial charge is 0.444 e. The number of hydrogen-bond acceptors (Lipinski definition) is 5. The number of amides is 2. The van der Waals surface area contributed by atoms with E-state index in [1.165, 1.54) is 37.1 Å². The molecule has 0 aliphatic carbocycles. The van der Waals surface area contributed by atoms with Crippen molar-refractivity contribution in [1.29, 1.82) is 0 Å². The summed E-state index contributed by atoms with van der Waals surface area (Å²) in [4.78, 5) is 33.3. The molecule has 2 saturated heterocycles. The maximum Gasteiger partial charge on any atom is 0.410 e. The fourth-order valence-electron chi connectivity index (χ4n) is 4.60. The van der Waals surface area contributed by atoms with Gasteiger partial charge in [0, 0.05) is 70.2 Å². The molecule has 7 heteroatoms. The molecule has 0 unspecified atom stereocenters. The molecule has 0 bridgehead atoms. The monoisotopic (exact) mass is 472 g/mol. The van der Waals surface area contributed by atoms with Crippen molar-refractivity contribution in [1.82, 2.24) is 9.80 Å². The predicted octanol–water partition coefficient (Wildman–Crippen LogP) is 4.75. The maximum atomic E-state index is 12.5. The summed E-state index contributed by atoms with van der Waals surface area (Å²) in [6.07, 6.45) is 6.41. The number of piperazine rings is 2. The first kappa shape index (κ1) is 26.2. The van der Waals surface area contributed by atoms with Crippen LogP contribution in [0.4, 0.5) is 16.2 Å². The highest BCUT2D eigenvalue weighted by atomic mass is 16.6. The molecule has 3 rings (SSSR count). The average molecular weight is 473 g/mol. The molecule has 0 N–H and O–H groups in total. The number of benzene rings is 1. The van der Waals surface area contributed by atoms with E-state index in [4.69, 9.17) is 4.74 Å². The standard InChI is InChI=1S/C27H44N4O3/c1-5-6-7-8-9-10-25(32)30-19-15-28(16-20-30)23-11-13-24(14-12-23)29-17-21-31(22-18-29)26(33)34-27(2,3)4/h11-14H,5-10,15-22H2,1-4H3. The lowest BCUT2D eigenvalue weighted by Crippen LogP contribution is -2.50. The van der Waals surface area contributed by atoms with Crippen molar-refractivity contribution in [2.24, 2.45) is 0 Å². The smallest absolute Gasteiger partial charge is 0.410 e. The number of carbonyl (C=O) groups excluding carboxylic acids is 2. The molecule has 2 amide bonds. The molecule has 0 saturated carbocycles. The van der Waals surface area contributed by atoms with Crippen LogP contribution in [0, 0.1) is 0 Å². The molecule has 34 heavy (non-hydrogen) atoms. The van der Waals surface area contributed by atoms with Crippen LogP contribution in [-0.4, -0.2) is 79.8 Å². The van der Waals surface area contributed by atoms with Crippen molar-refractivity contribution in [2.45, 2.75) is 71.8 Å². The molecule has 0 radical (unpaired) electrons. The summed E-state index contributed by atoms with van der Waals surface area (Å²) in [6.45, 7) is 14.2. The van der Waals surface area contributed by atoms with Crippen LogP contribution in [0.2, 0.25) is 0 Å². The first-order chi connectivity index (χ1) is 16.3. The Bertz CT molecular complexity index is 774. The Labute approximate surface area is 206 Å². The number of hydrogen-bond donors (Lipinski definition) is 0. The molecule has 190 valence electrons. The molecule has 2 fully saturated rings. The van der Waals surface area contributed by atoms with E-state index < -0.39 is 5.60 Å². The lowest BCUT2D eigenvalue weighted by atomic mass is 10.1. The zero-order chi connectivity index (χ0) is 24.6. The summed E-state index contributed by atoms with van der Waals surface area (Å²) in [5, 5.41) is 0. The van der Waals surface area contributed by atoms with Gasteiger partial charge in [-0.1, -0.05) is 32.6 Å². The minimum atomic E-state index is -0.461. The van der Waals surface area contributed by atoms with Crippen molar-refractivity contribution < 1.29 is 14.3 Å². The molecular weight excluding hydrogens is 428 g/mol. The third-order valence-electron chi connectivity index (χ3n) is 6.64. The Morgan fingerprint density at radius 2 is 1.21 bits per heavy atom. The van der Waals surface area contributed by atoms with Gasteiger partial charge in [-0.2, -0.15) is 0 Å². The van der Waals surface area contributed by atoms with Crippen LogP contribution in [0.3, 0.4) is 0 Å². The van der Waals surface area contributed by atoms with Gasteiger partial charge < -0.3 is 24.3 Å². The van der Waals surface area contributed by atoms with E-state index >= 15 is 0 Å². The van der Waals surface area contributed by atoms with Crippen molar-refractivity contribution in [2.75, 3.05) is 62.2 Å². The molecule has 2 aliphatic rings. The van der Waals surface area contributed by atoms with Crippen molar-refractivity contribution >= 4 is 23.4 Å². The summed E-state index contributed by atoms with van der Waals surface area (Å²) >= 11 is 0. The first-order valence-corrected chi connectivity index (χ1v) is 13.1. The molecule has 7 nitrogen and oxygen atoms in total. The molecule has 1 aromatic carbocycles. The third kappa shape index (κ3) is 7.81. The molecule has 0 aromatic heterocycles. The van der Waals surface area contributed by atoms with E-state index in [-0.39, 0.29) is 6.09 Å². The highest BCUT2D eigenvalue weighted by molar-refractivity contribution is 5.76. The van der Waals surface area contributed by atoms with Crippen molar-refractivity contribution in [3.63, 3.8) is 0 Å². The van der Waals surface area contributed by atoms with Crippen LogP contribution in [0.15, 0.2) is 24.3 Å². The minimum Gasteiger partial charge on any atom is -0.444 e. The summed E-state index contributed by atoms with van der Waals surface area (Å²) in [7, 11) is 0. The Hall–Kier alpha value is -2.44. The number of unbranched alkanes of at least 4 members (excludes halogenated alkanes) is 4. The number of anilines is 2. The third-order valence-corrected chi connectivity index (χ3v) is 6.64. The van der Waals surface area contributed by atoms with E-state index in [1.54, 1.807) is 4.90 Å².